The van der Waals surface area contributed by atoms with Gasteiger partial charge in [0.2, 0.25) is 0 Å². The van der Waals surface area contributed by atoms with Gasteiger partial charge in [0.15, 0.2) is 5.58 Å². The van der Waals surface area contributed by atoms with Gasteiger partial charge in [-0.15, -0.1) is 0 Å². The molecule has 0 saturated heterocycles. The van der Waals surface area contributed by atoms with E-state index in [1.807, 2.05) is 0 Å². The van der Waals surface area contributed by atoms with E-state index in [1.165, 1.54) is 6.07 Å². The molecule has 0 fully saturated rings. The number of methoxy groups -OCH3 is 1. The predicted octanol–water partition coefficient (Wildman–Crippen LogP) is 3.85. The Hall–Kier alpha value is -0.620. The zero-order chi connectivity index (χ0) is 13.3. The molecule has 1 aromatic heterocycles. The van der Waals surface area contributed by atoms with Crippen LogP contribution < -0.4 is 5.32 Å². The van der Waals surface area contributed by atoms with Gasteiger partial charge in [-0.1, -0.05) is 11.6 Å². The first-order chi connectivity index (χ1) is 8.60. The van der Waals surface area contributed by atoms with Crippen LogP contribution in [0.25, 0.3) is 11.0 Å². The van der Waals surface area contributed by atoms with Gasteiger partial charge < -0.3 is 14.5 Å². The van der Waals surface area contributed by atoms with Crippen LogP contribution in [-0.2, 0) is 17.9 Å². The number of fused-ring (bicyclic) bond motifs is 1. The van der Waals surface area contributed by atoms with E-state index in [-0.39, 0.29) is 12.4 Å². The monoisotopic (exact) mass is 335 g/mol. The van der Waals surface area contributed by atoms with E-state index in [1.54, 1.807) is 14.2 Å². The molecule has 0 radical (unpaired) electrons. The Morgan fingerprint density at radius 3 is 2.89 bits per heavy atom. The van der Waals surface area contributed by atoms with Gasteiger partial charge in [-0.05, 0) is 29.0 Å². The average Bonchev–Trinajstić information content (AvgIpc) is 2.67. The van der Waals surface area contributed by atoms with Crippen LogP contribution in [0.2, 0.25) is 5.02 Å². The van der Waals surface area contributed by atoms with Gasteiger partial charge in [0.05, 0.1) is 28.0 Å². The van der Waals surface area contributed by atoms with Crippen LogP contribution in [0.1, 0.15) is 11.3 Å². The summed E-state index contributed by atoms with van der Waals surface area (Å²) in [4.78, 5) is 0. The number of nitrogens with one attached hydrogen (secondary N) is 1. The lowest BCUT2D eigenvalue weighted by atomic mass is 10.1. The first-order valence-corrected chi connectivity index (χ1v) is 6.48. The molecule has 0 aliphatic carbocycles. The topological polar surface area (TPSA) is 34.4 Å². The maximum atomic E-state index is 14.2. The summed E-state index contributed by atoms with van der Waals surface area (Å²) in [6.07, 6.45) is 0. The second kappa shape index (κ2) is 5.57. The van der Waals surface area contributed by atoms with Gasteiger partial charge in [0, 0.05) is 12.7 Å². The third-order valence-corrected chi connectivity index (χ3v) is 3.47. The minimum Gasteiger partial charge on any atom is -0.458 e. The number of benzene rings is 1. The number of ether oxygens (including phenoxy) is 1. The van der Waals surface area contributed by atoms with Crippen LogP contribution in [0.15, 0.2) is 15.0 Å². The summed E-state index contributed by atoms with van der Waals surface area (Å²) in [5, 5.41) is 3.72. The van der Waals surface area contributed by atoms with Crippen molar-refractivity contribution in [3.63, 3.8) is 0 Å². The summed E-state index contributed by atoms with van der Waals surface area (Å²) in [6, 6.07) is 1.49. The second-order valence-electron chi connectivity index (χ2n) is 3.83. The molecule has 98 valence electrons. The molecule has 0 saturated carbocycles. The molecule has 2 rings (SSSR count). The first-order valence-electron chi connectivity index (χ1n) is 5.31. The summed E-state index contributed by atoms with van der Waals surface area (Å²) < 4.78 is 25.2. The third-order valence-electron chi connectivity index (χ3n) is 2.62. The molecular weight excluding hydrogens is 324 g/mol. The van der Waals surface area contributed by atoms with E-state index in [4.69, 9.17) is 20.8 Å². The normalized spacial score (nSPS) is 11.4. The predicted molar refractivity (Wildman–Crippen MR) is 72.4 cm³/mol. The first kappa shape index (κ1) is 13.8. The fraction of sp³-hybridized carbons (Fsp3) is 0.333. The van der Waals surface area contributed by atoms with Crippen LogP contribution in [0.4, 0.5) is 4.39 Å². The lowest BCUT2D eigenvalue weighted by Crippen LogP contribution is -2.06. The number of halogens is 3. The minimum absolute atomic E-state index is 0.272. The van der Waals surface area contributed by atoms with Gasteiger partial charge in [-0.2, -0.15) is 0 Å². The Bertz CT molecular complexity index is 585. The molecule has 1 aromatic carbocycles. The summed E-state index contributed by atoms with van der Waals surface area (Å²) in [7, 11) is 3.34. The molecule has 0 atom stereocenters. The highest BCUT2D eigenvalue weighted by molar-refractivity contribution is 9.10. The van der Waals surface area contributed by atoms with Gasteiger partial charge in [-0.25, -0.2) is 4.39 Å². The van der Waals surface area contributed by atoms with Crippen LogP contribution in [-0.4, -0.2) is 14.2 Å². The number of hydrogen-bond acceptors (Lipinski definition) is 3. The third kappa shape index (κ3) is 2.28. The van der Waals surface area contributed by atoms with E-state index >= 15 is 0 Å². The fourth-order valence-corrected chi connectivity index (χ4v) is 2.67. The lowest BCUT2D eigenvalue weighted by Gasteiger charge is -2.02. The Balaban J connectivity index is 2.76. The second-order valence-corrected chi connectivity index (χ2v) is 5.09. The molecule has 2 aromatic rings. The van der Waals surface area contributed by atoms with Crippen molar-refractivity contribution in [3.05, 3.63) is 32.7 Å². The molecule has 1 heterocycles. The maximum absolute atomic E-state index is 14.2. The summed E-state index contributed by atoms with van der Waals surface area (Å²) in [5.41, 5.74) is 1.04. The van der Waals surface area contributed by atoms with E-state index in [0.717, 1.165) is 0 Å². The molecule has 3 nitrogen and oxygen atoms in total. The van der Waals surface area contributed by atoms with Crippen molar-refractivity contribution in [2.45, 2.75) is 13.2 Å². The molecule has 0 unspecified atom stereocenters. The van der Waals surface area contributed by atoms with Crippen molar-refractivity contribution in [2.75, 3.05) is 14.2 Å². The highest BCUT2D eigenvalue weighted by atomic mass is 79.9. The average molecular weight is 337 g/mol. The maximum Gasteiger partial charge on any atom is 0.156 e. The zero-order valence-corrected chi connectivity index (χ0v) is 12.3. The number of hydrogen-bond donors (Lipinski definition) is 1. The zero-order valence-electron chi connectivity index (χ0n) is 9.94. The van der Waals surface area contributed by atoms with Crippen LogP contribution in [0, 0.1) is 5.82 Å². The minimum atomic E-state index is -0.382. The standard InChI is InChI=1S/C12H12BrClFNO2/c1-16-4-9-6(5-17-2)10-11(15)7(13)3-8(14)12(10)18-9/h3,16H,4-5H2,1-2H3. The van der Waals surface area contributed by atoms with E-state index in [2.05, 4.69) is 21.2 Å². The molecule has 18 heavy (non-hydrogen) atoms. The molecular formula is C12H12BrClFNO2. The van der Waals surface area contributed by atoms with Crippen LogP contribution >= 0.6 is 27.5 Å². The van der Waals surface area contributed by atoms with Crippen LogP contribution in [0.3, 0.4) is 0 Å². The Morgan fingerprint density at radius 2 is 2.28 bits per heavy atom. The van der Waals surface area contributed by atoms with E-state index in [9.17, 15) is 4.39 Å². The largest absolute Gasteiger partial charge is 0.458 e. The summed E-state index contributed by atoms with van der Waals surface area (Å²) in [5.74, 6) is 0.251. The quantitative estimate of drug-likeness (QED) is 0.861. The van der Waals surface area contributed by atoms with Gasteiger partial charge in [0.25, 0.3) is 0 Å². The Morgan fingerprint density at radius 1 is 1.56 bits per heavy atom. The Kier molecular flexibility index (Phi) is 4.27. The van der Waals surface area contributed by atoms with Crippen molar-refractivity contribution in [3.8, 4) is 0 Å². The Labute approximate surface area is 117 Å². The molecule has 1 N–H and O–H groups in total. The number of rotatable bonds is 4. The number of furan rings is 1. The summed E-state index contributed by atoms with van der Waals surface area (Å²) in [6.45, 7) is 0.758. The van der Waals surface area contributed by atoms with Gasteiger partial charge in [-0.3, -0.25) is 0 Å². The van der Waals surface area contributed by atoms with Crippen molar-refractivity contribution in [1.29, 1.82) is 0 Å². The molecule has 0 aliphatic heterocycles. The van der Waals surface area contributed by atoms with Crippen molar-refractivity contribution in [1.82, 2.24) is 5.32 Å². The summed E-state index contributed by atoms with van der Waals surface area (Å²) >= 11 is 9.21. The molecule has 6 heteroatoms. The smallest absolute Gasteiger partial charge is 0.156 e. The van der Waals surface area contributed by atoms with Crippen molar-refractivity contribution in [2.24, 2.45) is 0 Å². The van der Waals surface area contributed by atoms with Crippen LogP contribution in [0.5, 0.6) is 0 Å². The molecule has 0 aliphatic rings. The lowest BCUT2D eigenvalue weighted by molar-refractivity contribution is 0.183. The van der Waals surface area contributed by atoms with Gasteiger partial charge in [0.1, 0.15) is 11.6 Å². The molecule has 0 spiro atoms. The fourth-order valence-electron chi connectivity index (χ4n) is 1.87. The van der Waals surface area contributed by atoms with Crippen molar-refractivity contribution < 1.29 is 13.5 Å². The molecule has 0 bridgehead atoms. The van der Waals surface area contributed by atoms with Gasteiger partial charge >= 0.3 is 0 Å². The van der Waals surface area contributed by atoms with E-state index in [0.29, 0.717) is 38.3 Å². The van der Waals surface area contributed by atoms with E-state index < -0.39 is 0 Å². The molecule has 0 amide bonds. The van der Waals surface area contributed by atoms with Crippen molar-refractivity contribution >= 4 is 38.5 Å². The highest BCUT2D eigenvalue weighted by Crippen LogP contribution is 2.37. The highest BCUT2D eigenvalue weighted by Gasteiger charge is 2.21. The SMILES string of the molecule is CNCc1oc2c(Cl)cc(Br)c(F)c2c1COC.